The number of anilines is 8. The van der Waals surface area contributed by atoms with Gasteiger partial charge in [-0.3, -0.25) is 0 Å². The lowest BCUT2D eigenvalue weighted by atomic mass is 10.0. The van der Waals surface area contributed by atoms with Crippen LogP contribution in [-0.2, 0) is 0 Å². The van der Waals surface area contributed by atoms with Gasteiger partial charge in [0.2, 0.25) is 0 Å². The number of nitrogens with zero attached hydrogens (tertiary/aromatic N) is 4. The molecule has 60 heavy (non-hydrogen) atoms. The third kappa shape index (κ3) is 6.84. The van der Waals surface area contributed by atoms with Crippen LogP contribution in [0.5, 0.6) is 0 Å². The van der Waals surface area contributed by atoms with Gasteiger partial charge in [0.25, 0.3) is 0 Å². The summed E-state index contributed by atoms with van der Waals surface area (Å²) in [6.45, 7) is 2.19. The minimum atomic E-state index is 1.10. The fourth-order valence-corrected chi connectivity index (χ4v) is 8.56. The first-order valence-corrected chi connectivity index (χ1v) is 20.5. The van der Waals surface area contributed by atoms with Crippen molar-refractivity contribution in [1.29, 1.82) is 0 Å². The van der Waals surface area contributed by atoms with Gasteiger partial charge in [-0.25, -0.2) is 0 Å². The Bertz CT molecular complexity index is 3030. The van der Waals surface area contributed by atoms with Crippen LogP contribution < -0.4 is 14.7 Å². The molecule has 1 aromatic heterocycles. The number of para-hydroxylation sites is 5. The van der Waals surface area contributed by atoms with E-state index in [2.05, 4.69) is 264 Å². The highest BCUT2D eigenvalue weighted by atomic mass is 15.2. The van der Waals surface area contributed by atoms with Gasteiger partial charge in [0.15, 0.2) is 0 Å². The van der Waals surface area contributed by atoms with Gasteiger partial charge in [0, 0.05) is 69.0 Å². The van der Waals surface area contributed by atoms with Gasteiger partial charge in [-0.2, -0.15) is 0 Å². The van der Waals surface area contributed by atoms with Crippen LogP contribution in [0.3, 0.4) is 0 Å². The van der Waals surface area contributed by atoms with Gasteiger partial charge in [-0.05, 0) is 139 Å². The normalized spacial score (nSPS) is 11.2. The lowest BCUT2D eigenvalue weighted by Crippen LogP contribution is -2.13. The van der Waals surface area contributed by atoms with Gasteiger partial charge < -0.3 is 19.3 Å². The minimum Gasteiger partial charge on any atom is -0.344 e. The smallest absolute Gasteiger partial charge is 0.0542 e. The van der Waals surface area contributed by atoms with E-state index in [-0.39, 0.29) is 0 Å². The van der Waals surface area contributed by atoms with Crippen LogP contribution in [0.15, 0.2) is 231 Å². The second kappa shape index (κ2) is 15.8. The van der Waals surface area contributed by atoms with Crippen LogP contribution >= 0.6 is 0 Å². The molecule has 288 valence electrons. The van der Waals surface area contributed by atoms with Crippen LogP contribution in [0.25, 0.3) is 38.6 Å². The van der Waals surface area contributed by atoms with E-state index in [9.17, 15) is 0 Å². The number of benzene rings is 9. The van der Waals surface area contributed by atoms with Crippen molar-refractivity contribution in [1.82, 2.24) is 4.57 Å². The molecular formula is C56H44N4. The van der Waals surface area contributed by atoms with E-state index in [1.54, 1.807) is 0 Å². The third-order valence-electron chi connectivity index (χ3n) is 11.5. The topological polar surface area (TPSA) is 14.7 Å². The predicted molar refractivity (Wildman–Crippen MR) is 255 cm³/mol. The maximum absolute atomic E-state index is 2.36. The predicted octanol–water partition coefficient (Wildman–Crippen LogP) is 15.5. The van der Waals surface area contributed by atoms with Crippen molar-refractivity contribution in [2.24, 2.45) is 0 Å². The fourth-order valence-electron chi connectivity index (χ4n) is 8.56. The number of hydrogen-bond donors (Lipinski definition) is 0. The van der Waals surface area contributed by atoms with E-state index in [0.717, 1.165) is 56.6 Å². The van der Waals surface area contributed by atoms with Crippen molar-refractivity contribution in [2.75, 3.05) is 21.7 Å². The second-order valence-electron chi connectivity index (χ2n) is 15.2. The molecule has 10 rings (SSSR count). The lowest BCUT2D eigenvalue weighted by molar-refractivity contribution is 1.18. The van der Waals surface area contributed by atoms with Crippen molar-refractivity contribution in [3.8, 4) is 16.8 Å². The van der Waals surface area contributed by atoms with Crippen LogP contribution in [-0.4, -0.2) is 11.6 Å². The maximum Gasteiger partial charge on any atom is 0.0542 e. The van der Waals surface area contributed by atoms with Crippen molar-refractivity contribution < 1.29 is 0 Å². The first-order valence-electron chi connectivity index (χ1n) is 20.5. The zero-order valence-corrected chi connectivity index (χ0v) is 33.7. The molecule has 0 atom stereocenters. The first kappa shape index (κ1) is 36.5. The van der Waals surface area contributed by atoms with Gasteiger partial charge in [0.1, 0.15) is 0 Å². The molecule has 10 aromatic rings. The average Bonchev–Trinajstić information content (AvgIpc) is 3.65. The number of aromatic nitrogens is 1. The van der Waals surface area contributed by atoms with Crippen molar-refractivity contribution >= 4 is 67.3 Å². The minimum absolute atomic E-state index is 1.10. The summed E-state index contributed by atoms with van der Waals surface area (Å²) in [7, 11) is 2.13. The van der Waals surface area contributed by atoms with Crippen LogP contribution in [0.4, 0.5) is 45.5 Å². The number of aryl methyl sites for hydroxylation is 1. The number of hydrogen-bond acceptors (Lipinski definition) is 3. The number of fused-ring (bicyclic) bond motifs is 3. The second-order valence-corrected chi connectivity index (χ2v) is 15.2. The molecule has 0 radical (unpaired) electrons. The summed E-state index contributed by atoms with van der Waals surface area (Å²) >= 11 is 0. The molecule has 0 unspecified atom stereocenters. The molecule has 0 spiro atoms. The molecule has 4 heteroatoms. The lowest BCUT2D eigenvalue weighted by Gasteiger charge is -2.28. The summed E-state index contributed by atoms with van der Waals surface area (Å²) in [6.07, 6.45) is 0. The molecule has 0 aliphatic heterocycles. The van der Waals surface area contributed by atoms with E-state index in [4.69, 9.17) is 0 Å². The highest BCUT2D eigenvalue weighted by Crippen LogP contribution is 2.42. The summed E-state index contributed by atoms with van der Waals surface area (Å²) in [6, 6.07) is 82.5. The Balaban J connectivity index is 0.978. The molecule has 1 heterocycles. The molecule has 0 bridgehead atoms. The summed E-state index contributed by atoms with van der Waals surface area (Å²) in [4.78, 5) is 6.93. The molecule has 0 amide bonds. The summed E-state index contributed by atoms with van der Waals surface area (Å²) < 4.78 is 2.36. The molecule has 0 fully saturated rings. The molecular weight excluding hydrogens is 729 g/mol. The molecule has 0 saturated heterocycles. The Labute approximate surface area is 352 Å². The summed E-state index contributed by atoms with van der Waals surface area (Å²) in [5, 5.41) is 2.46. The van der Waals surface area contributed by atoms with Crippen molar-refractivity contribution in [3.63, 3.8) is 0 Å². The summed E-state index contributed by atoms with van der Waals surface area (Å²) in [5.41, 5.74) is 16.1. The quantitative estimate of drug-likeness (QED) is 0.138. The fraction of sp³-hybridized carbons (Fsp3) is 0.0357. The van der Waals surface area contributed by atoms with Gasteiger partial charge in [-0.15, -0.1) is 0 Å². The Hall–Kier alpha value is -7.82. The molecule has 0 aliphatic carbocycles. The highest BCUT2D eigenvalue weighted by molar-refractivity contribution is 6.10. The van der Waals surface area contributed by atoms with Gasteiger partial charge in [0.05, 0.1) is 11.0 Å². The van der Waals surface area contributed by atoms with Crippen LogP contribution in [0.1, 0.15) is 5.56 Å². The monoisotopic (exact) mass is 772 g/mol. The number of rotatable bonds is 10. The zero-order chi connectivity index (χ0) is 40.4. The van der Waals surface area contributed by atoms with E-state index >= 15 is 0 Å². The molecule has 4 nitrogen and oxygen atoms in total. The Morgan fingerprint density at radius 3 is 1.30 bits per heavy atom. The van der Waals surface area contributed by atoms with Gasteiger partial charge >= 0.3 is 0 Å². The zero-order valence-electron chi connectivity index (χ0n) is 33.7. The highest BCUT2D eigenvalue weighted by Gasteiger charge is 2.19. The summed E-state index contributed by atoms with van der Waals surface area (Å²) in [5.74, 6) is 0. The van der Waals surface area contributed by atoms with E-state index in [1.807, 2.05) is 0 Å². The van der Waals surface area contributed by atoms with Gasteiger partial charge in [-0.1, -0.05) is 115 Å². The van der Waals surface area contributed by atoms with E-state index < -0.39 is 0 Å². The van der Waals surface area contributed by atoms with Crippen molar-refractivity contribution in [2.45, 2.75) is 6.92 Å². The Kier molecular flexibility index (Phi) is 9.64. The Morgan fingerprint density at radius 1 is 0.333 bits per heavy atom. The molecule has 9 aromatic carbocycles. The van der Waals surface area contributed by atoms with E-state index in [1.165, 1.54) is 33.1 Å². The first-order chi connectivity index (χ1) is 29.6. The van der Waals surface area contributed by atoms with Crippen LogP contribution in [0, 0.1) is 6.92 Å². The standard InChI is InChI=1S/C56H44N4/c1-41-39-50(35-37-54(41)57(2)44-17-7-3-8-18-44)58(45-19-9-4-10-20-45)48-31-27-42(28-32-48)43-29-33-49(34-30-43)59(46-21-11-5-12-22-46)51-36-38-56-53(40-51)52-25-15-16-26-55(52)60(56)47-23-13-6-14-24-47/h3-40H,1-2H3. The largest absolute Gasteiger partial charge is 0.344 e. The molecule has 0 aliphatic rings. The molecule has 0 N–H and O–H groups in total. The SMILES string of the molecule is Cc1cc(N(c2ccccc2)c2ccc(-c3ccc(N(c4ccccc4)c4ccc5c(c4)c4ccccc4n5-c4ccccc4)cc3)cc2)ccc1N(C)c1ccccc1. The average molecular weight is 773 g/mol. The van der Waals surface area contributed by atoms with Crippen LogP contribution in [0.2, 0.25) is 0 Å². The maximum atomic E-state index is 2.36. The van der Waals surface area contributed by atoms with E-state index in [0.29, 0.717) is 0 Å². The van der Waals surface area contributed by atoms with Crippen molar-refractivity contribution in [3.05, 3.63) is 236 Å². The molecule has 0 saturated carbocycles. The third-order valence-corrected chi connectivity index (χ3v) is 11.5. The Morgan fingerprint density at radius 2 is 0.750 bits per heavy atom.